The molecular weight excluding hydrogens is 310 g/mol. The second-order valence-corrected chi connectivity index (χ2v) is 6.03. The molecular formula is C17H15N3O2S. The van der Waals surface area contributed by atoms with E-state index >= 15 is 0 Å². The number of nitrogens with zero attached hydrogens (tertiary/aromatic N) is 1. The summed E-state index contributed by atoms with van der Waals surface area (Å²) >= 11 is 1.67. The van der Waals surface area contributed by atoms with Crippen molar-refractivity contribution in [2.45, 2.75) is 4.90 Å². The van der Waals surface area contributed by atoms with Gasteiger partial charge in [0.1, 0.15) is 0 Å². The summed E-state index contributed by atoms with van der Waals surface area (Å²) in [6.45, 7) is 0.521. The van der Waals surface area contributed by atoms with Crippen molar-refractivity contribution < 1.29 is 4.79 Å². The molecule has 0 spiro atoms. The van der Waals surface area contributed by atoms with Gasteiger partial charge in [-0.15, -0.1) is 11.8 Å². The van der Waals surface area contributed by atoms with Crippen molar-refractivity contribution in [1.29, 1.82) is 0 Å². The fourth-order valence-corrected chi connectivity index (χ4v) is 3.01. The summed E-state index contributed by atoms with van der Waals surface area (Å²) in [7, 11) is 0. The SMILES string of the molecule is O=C(NCCSc1ccccc1)c1n[nH]c(=O)c2ccccc12. The number of H-pyrrole nitrogens is 1. The largest absolute Gasteiger partial charge is 0.350 e. The van der Waals surface area contributed by atoms with Crippen LogP contribution < -0.4 is 10.9 Å². The molecule has 0 radical (unpaired) electrons. The third kappa shape index (κ3) is 3.60. The van der Waals surface area contributed by atoms with Crippen molar-refractivity contribution in [2.24, 2.45) is 0 Å². The molecule has 0 saturated heterocycles. The van der Waals surface area contributed by atoms with Gasteiger partial charge in [0.05, 0.1) is 5.39 Å². The number of nitrogens with one attached hydrogen (secondary N) is 2. The van der Waals surface area contributed by atoms with Gasteiger partial charge in [0, 0.05) is 22.6 Å². The highest BCUT2D eigenvalue weighted by atomic mass is 32.2. The first-order valence-corrected chi connectivity index (χ1v) is 8.18. The number of thioether (sulfide) groups is 1. The number of fused-ring (bicyclic) bond motifs is 1. The zero-order chi connectivity index (χ0) is 16.1. The minimum atomic E-state index is -0.295. The number of benzene rings is 2. The van der Waals surface area contributed by atoms with Gasteiger partial charge in [0.2, 0.25) is 0 Å². The van der Waals surface area contributed by atoms with E-state index in [2.05, 4.69) is 15.5 Å². The van der Waals surface area contributed by atoms with Crippen molar-refractivity contribution in [2.75, 3.05) is 12.3 Å². The molecule has 6 heteroatoms. The number of hydrogen-bond acceptors (Lipinski definition) is 4. The molecule has 0 saturated carbocycles. The molecule has 0 atom stereocenters. The van der Waals surface area contributed by atoms with Gasteiger partial charge >= 0.3 is 0 Å². The normalized spacial score (nSPS) is 10.6. The average molecular weight is 325 g/mol. The van der Waals surface area contributed by atoms with Gasteiger partial charge in [-0.05, 0) is 18.2 Å². The summed E-state index contributed by atoms with van der Waals surface area (Å²) in [5.74, 6) is 0.475. The Morgan fingerprint density at radius 3 is 2.52 bits per heavy atom. The van der Waals surface area contributed by atoms with E-state index in [0.717, 1.165) is 10.6 Å². The van der Waals surface area contributed by atoms with Crippen LogP contribution in [0.3, 0.4) is 0 Å². The zero-order valence-electron chi connectivity index (χ0n) is 12.3. The Balaban J connectivity index is 1.65. The summed E-state index contributed by atoms with van der Waals surface area (Å²) in [6.07, 6.45) is 0. The van der Waals surface area contributed by atoms with Crippen LogP contribution in [0, 0.1) is 0 Å². The Morgan fingerprint density at radius 2 is 1.74 bits per heavy atom. The molecule has 23 heavy (non-hydrogen) atoms. The smallest absolute Gasteiger partial charge is 0.272 e. The quantitative estimate of drug-likeness (QED) is 0.558. The Labute approximate surface area is 137 Å². The number of rotatable bonds is 5. The fourth-order valence-electron chi connectivity index (χ4n) is 2.22. The molecule has 2 N–H and O–H groups in total. The summed E-state index contributed by atoms with van der Waals surface area (Å²) < 4.78 is 0. The first kappa shape index (κ1) is 15.3. The third-order valence-electron chi connectivity index (χ3n) is 3.31. The van der Waals surface area contributed by atoms with Crippen molar-refractivity contribution in [3.8, 4) is 0 Å². The maximum atomic E-state index is 12.3. The van der Waals surface area contributed by atoms with Crippen molar-refractivity contribution >= 4 is 28.4 Å². The molecule has 1 aromatic heterocycles. The van der Waals surface area contributed by atoms with Gasteiger partial charge in [0.25, 0.3) is 11.5 Å². The van der Waals surface area contributed by atoms with Crippen LogP contribution in [0.25, 0.3) is 10.8 Å². The van der Waals surface area contributed by atoms with E-state index < -0.39 is 0 Å². The lowest BCUT2D eigenvalue weighted by atomic mass is 10.1. The number of aromatic amines is 1. The van der Waals surface area contributed by atoms with Crippen molar-refractivity contribution in [3.63, 3.8) is 0 Å². The second-order valence-electron chi connectivity index (χ2n) is 4.86. The standard InChI is InChI=1S/C17H15N3O2S/c21-16-14-9-5-4-8-13(14)15(19-20-16)17(22)18-10-11-23-12-6-2-1-3-7-12/h1-9H,10-11H2,(H,18,22)(H,20,21). The topological polar surface area (TPSA) is 74.8 Å². The van der Waals surface area contributed by atoms with E-state index in [1.807, 2.05) is 30.3 Å². The van der Waals surface area contributed by atoms with E-state index in [-0.39, 0.29) is 17.2 Å². The maximum absolute atomic E-state index is 12.3. The molecule has 0 aliphatic rings. The lowest BCUT2D eigenvalue weighted by molar-refractivity contribution is 0.0952. The summed E-state index contributed by atoms with van der Waals surface area (Å²) in [5, 5.41) is 10.1. The first-order chi connectivity index (χ1) is 11.3. The summed E-state index contributed by atoms with van der Waals surface area (Å²) in [6, 6.07) is 16.9. The molecule has 0 aliphatic heterocycles. The van der Waals surface area contributed by atoms with Gasteiger partial charge in [0.15, 0.2) is 5.69 Å². The second kappa shape index (κ2) is 7.11. The monoisotopic (exact) mass is 325 g/mol. The van der Waals surface area contributed by atoms with Crippen LogP contribution in [0.15, 0.2) is 64.3 Å². The Bertz CT molecular complexity index is 878. The van der Waals surface area contributed by atoms with E-state index in [1.54, 1.807) is 36.0 Å². The molecule has 1 heterocycles. The summed E-state index contributed by atoms with van der Waals surface area (Å²) in [4.78, 5) is 25.2. The predicted octanol–water partition coefficient (Wildman–Crippen LogP) is 2.45. The van der Waals surface area contributed by atoms with Crippen LogP contribution in [0.4, 0.5) is 0 Å². The number of hydrogen-bond donors (Lipinski definition) is 2. The molecule has 2 aromatic carbocycles. The van der Waals surface area contributed by atoms with Crippen LogP contribution in [-0.2, 0) is 0 Å². The molecule has 0 bridgehead atoms. The number of aromatic nitrogens is 2. The number of carbonyl (C=O) groups excluding carboxylic acids is 1. The highest BCUT2D eigenvalue weighted by Gasteiger charge is 2.13. The van der Waals surface area contributed by atoms with E-state index in [0.29, 0.717) is 17.3 Å². The van der Waals surface area contributed by atoms with Crippen molar-refractivity contribution in [1.82, 2.24) is 15.5 Å². The minimum absolute atomic E-state index is 0.241. The van der Waals surface area contributed by atoms with E-state index in [1.165, 1.54) is 0 Å². The molecule has 3 rings (SSSR count). The lowest BCUT2D eigenvalue weighted by Crippen LogP contribution is -2.28. The highest BCUT2D eigenvalue weighted by molar-refractivity contribution is 7.99. The molecule has 116 valence electrons. The average Bonchev–Trinajstić information content (AvgIpc) is 2.60. The van der Waals surface area contributed by atoms with Crippen LogP contribution >= 0.6 is 11.8 Å². The van der Waals surface area contributed by atoms with Crippen LogP contribution in [0.5, 0.6) is 0 Å². The first-order valence-electron chi connectivity index (χ1n) is 7.19. The summed E-state index contributed by atoms with van der Waals surface area (Å²) in [5.41, 5.74) is -0.0540. The maximum Gasteiger partial charge on any atom is 0.272 e. The van der Waals surface area contributed by atoms with Crippen LogP contribution in [0.1, 0.15) is 10.5 Å². The van der Waals surface area contributed by atoms with Crippen molar-refractivity contribution in [3.05, 3.63) is 70.6 Å². The van der Waals surface area contributed by atoms with E-state index in [9.17, 15) is 9.59 Å². The number of carbonyl (C=O) groups is 1. The predicted molar refractivity (Wildman–Crippen MR) is 91.9 cm³/mol. The third-order valence-corrected chi connectivity index (χ3v) is 4.32. The molecule has 1 amide bonds. The van der Waals surface area contributed by atoms with Gasteiger partial charge in [-0.2, -0.15) is 5.10 Å². The molecule has 0 aliphatic carbocycles. The Kier molecular flexibility index (Phi) is 4.73. The van der Waals surface area contributed by atoms with Crippen LogP contribution in [0.2, 0.25) is 0 Å². The van der Waals surface area contributed by atoms with Crippen LogP contribution in [-0.4, -0.2) is 28.4 Å². The van der Waals surface area contributed by atoms with Gasteiger partial charge < -0.3 is 5.32 Å². The zero-order valence-corrected chi connectivity index (χ0v) is 13.1. The van der Waals surface area contributed by atoms with Gasteiger partial charge in [-0.25, -0.2) is 5.10 Å². The lowest BCUT2D eigenvalue weighted by Gasteiger charge is -2.06. The van der Waals surface area contributed by atoms with Gasteiger partial charge in [-0.3, -0.25) is 9.59 Å². The van der Waals surface area contributed by atoms with Gasteiger partial charge in [-0.1, -0.05) is 36.4 Å². The Morgan fingerprint density at radius 1 is 1.04 bits per heavy atom. The Hall–Kier alpha value is -2.60. The fraction of sp³-hybridized carbons (Fsp3) is 0.118. The minimum Gasteiger partial charge on any atom is -0.350 e. The number of amides is 1. The highest BCUT2D eigenvalue weighted by Crippen LogP contribution is 2.16. The van der Waals surface area contributed by atoms with E-state index in [4.69, 9.17) is 0 Å². The molecule has 0 unspecified atom stereocenters. The molecule has 3 aromatic rings. The molecule has 0 fully saturated rings. The molecule has 5 nitrogen and oxygen atoms in total.